The monoisotopic (exact) mass is 346 g/mol. The molecule has 1 atom stereocenters. The van der Waals surface area contributed by atoms with Crippen molar-refractivity contribution in [2.75, 3.05) is 5.32 Å². The Labute approximate surface area is 143 Å². The minimum atomic E-state index is -0.962. The number of esters is 1. The van der Waals surface area contributed by atoms with Crippen molar-refractivity contribution in [2.45, 2.75) is 25.9 Å². The highest BCUT2D eigenvalue weighted by Crippen LogP contribution is 2.23. The molecule has 1 heterocycles. The number of primary amides is 1. The molecule has 0 radical (unpaired) electrons. The van der Waals surface area contributed by atoms with Gasteiger partial charge in [-0.2, -0.15) is 0 Å². The number of hydrogen-bond acceptors (Lipinski definition) is 5. The Morgan fingerprint density at radius 1 is 1.21 bits per heavy atom. The average molecular weight is 346 g/mol. The second-order valence-corrected chi connectivity index (χ2v) is 6.05. The molecule has 0 aliphatic heterocycles. The largest absolute Gasteiger partial charge is 0.453 e. The van der Waals surface area contributed by atoms with E-state index in [1.165, 1.54) is 24.3 Å². The van der Waals surface area contributed by atoms with Crippen LogP contribution in [0.1, 0.15) is 29.3 Å². The third kappa shape index (κ3) is 4.92. The van der Waals surface area contributed by atoms with Crippen LogP contribution in [0.3, 0.4) is 0 Å². The van der Waals surface area contributed by atoms with Gasteiger partial charge in [-0.25, -0.2) is 0 Å². The predicted molar refractivity (Wildman–Crippen MR) is 91.8 cm³/mol. The van der Waals surface area contributed by atoms with Crippen molar-refractivity contribution >= 4 is 34.1 Å². The first-order chi connectivity index (χ1) is 11.5. The Bertz CT molecular complexity index is 727. The lowest BCUT2D eigenvalue weighted by Crippen LogP contribution is -2.30. The number of thiophene rings is 1. The van der Waals surface area contributed by atoms with E-state index in [4.69, 9.17) is 10.5 Å². The van der Waals surface area contributed by atoms with Gasteiger partial charge in [0.15, 0.2) is 6.10 Å². The highest BCUT2D eigenvalue weighted by Gasteiger charge is 2.20. The molecular formula is C17H18N2O4S. The molecule has 24 heavy (non-hydrogen) atoms. The van der Waals surface area contributed by atoms with Crippen LogP contribution < -0.4 is 11.1 Å². The Morgan fingerprint density at radius 2 is 1.92 bits per heavy atom. The summed E-state index contributed by atoms with van der Waals surface area (Å²) in [4.78, 5) is 35.1. The van der Waals surface area contributed by atoms with E-state index in [-0.39, 0.29) is 12.0 Å². The van der Waals surface area contributed by atoms with Crippen LogP contribution in [0, 0.1) is 0 Å². The van der Waals surface area contributed by atoms with Gasteiger partial charge >= 0.3 is 5.97 Å². The summed E-state index contributed by atoms with van der Waals surface area (Å²) >= 11 is 1.18. The fraction of sp³-hybridized carbons (Fsp3) is 0.235. The van der Waals surface area contributed by atoms with Crippen LogP contribution in [0.25, 0.3) is 0 Å². The van der Waals surface area contributed by atoms with Gasteiger partial charge in [0.2, 0.25) is 0 Å². The number of benzene rings is 1. The number of nitrogens with one attached hydrogen (secondary N) is 1. The van der Waals surface area contributed by atoms with Crippen LogP contribution in [-0.4, -0.2) is 23.9 Å². The van der Waals surface area contributed by atoms with Crippen LogP contribution in [0.5, 0.6) is 0 Å². The van der Waals surface area contributed by atoms with Gasteiger partial charge in [0.05, 0.1) is 5.56 Å². The first-order valence-electron chi connectivity index (χ1n) is 7.39. The second-order valence-electron chi connectivity index (χ2n) is 5.13. The average Bonchev–Trinajstić information content (AvgIpc) is 3.02. The second kappa shape index (κ2) is 8.26. The summed E-state index contributed by atoms with van der Waals surface area (Å²) in [6.45, 7) is 1.48. The summed E-state index contributed by atoms with van der Waals surface area (Å²) in [5.41, 5.74) is 6.47. The number of anilines is 1. The molecule has 2 rings (SSSR count). The maximum atomic E-state index is 12.1. The Balaban J connectivity index is 1.83. The highest BCUT2D eigenvalue weighted by atomic mass is 32.1. The van der Waals surface area contributed by atoms with Gasteiger partial charge in [-0.15, -0.1) is 11.3 Å². The van der Waals surface area contributed by atoms with Crippen LogP contribution in [0.4, 0.5) is 5.00 Å². The minimum absolute atomic E-state index is 0.188. The number of nitrogens with two attached hydrogens (primary N) is 1. The number of carbonyl (C=O) groups excluding carboxylic acids is 3. The van der Waals surface area contributed by atoms with E-state index in [0.29, 0.717) is 11.4 Å². The minimum Gasteiger partial charge on any atom is -0.453 e. The SMILES string of the molecule is CC(OC(=O)CCc1ccccc1)C(=O)Nc1sccc1C(N)=O. The zero-order valence-electron chi connectivity index (χ0n) is 13.2. The summed E-state index contributed by atoms with van der Waals surface area (Å²) < 4.78 is 5.12. The highest BCUT2D eigenvalue weighted by molar-refractivity contribution is 7.14. The first kappa shape index (κ1) is 17.7. The van der Waals surface area contributed by atoms with Crippen LogP contribution in [0.15, 0.2) is 41.8 Å². The number of ether oxygens (including phenoxy) is 1. The lowest BCUT2D eigenvalue weighted by molar-refractivity contribution is -0.153. The quantitative estimate of drug-likeness (QED) is 0.752. The summed E-state index contributed by atoms with van der Waals surface area (Å²) in [7, 11) is 0. The summed E-state index contributed by atoms with van der Waals surface area (Å²) in [5, 5.41) is 4.54. The van der Waals surface area contributed by atoms with Gasteiger partial charge in [-0.3, -0.25) is 14.4 Å². The third-order valence-electron chi connectivity index (χ3n) is 3.31. The molecule has 6 nitrogen and oxygen atoms in total. The summed E-state index contributed by atoms with van der Waals surface area (Å²) in [6, 6.07) is 11.1. The number of rotatable bonds is 7. The Kier molecular flexibility index (Phi) is 6.08. The van der Waals surface area contributed by atoms with Crippen LogP contribution in [0.2, 0.25) is 0 Å². The van der Waals surface area contributed by atoms with E-state index in [0.717, 1.165) is 5.56 Å². The van der Waals surface area contributed by atoms with E-state index in [1.54, 1.807) is 5.38 Å². The standard InChI is InChI=1S/C17H18N2O4S/c1-11(16(22)19-17-13(15(18)21)9-10-24-17)23-14(20)8-7-12-5-3-2-4-6-12/h2-6,9-11H,7-8H2,1H3,(H2,18,21)(H,19,22). The molecule has 0 aliphatic rings. The molecule has 7 heteroatoms. The molecular weight excluding hydrogens is 328 g/mol. The summed E-state index contributed by atoms with van der Waals surface area (Å²) in [6.07, 6.45) is -0.228. The molecule has 0 spiro atoms. The van der Waals surface area contributed by atoms with E-state index in [2.05, 4.69) is 5.32 Å². The summed E-state index contributed by atoms with van der Waals surface area (Å²) in [5.74, 6) is -1.59. The maximum Gasteiger partial charge on any atom is 0.306 e. The van der Waals surface area contributed by atoms with Crippen LogP contribution >= 0.6 is 11.3 Å². The topological polar surface area (TPSA) is 98.5 Å². The van der Waals surface area contributed by atoms with Crippen molar-refractivity contribution in [3.8, 4) is 0 Å². The molecule has 0 fully saturated rings. The first-order valence-corrected chi connectivity index (χ1v) is 8.27. The molecule has 1 unspecified atom stereocenters. The maximum absolute atomic E-state index is 12.1. The van der Waals surface area contributed by atoms with Gasteiger partial charge in [0.1, 0.15) is 5.00 Å². The zero-order chi connectivity index (χ0) is 17.5. The lowest BCUT2D eigenvalue weighted by Gasteiger charge is -2.13. The van der Waals surface area contributed by atoms with Gasteiger partial charge in [-0.1, -0.05) is 30.3 Å². The van der Waals surface area contributed by atoms with E-state index in [9.17, 15) is 14.4 Å². The molecule has 2 aromatic rings. The molecule has 2 amide bonds. The molecule has 0 bridgehead atoms. The Hall–Kier alpha value is -2.67. The van der Waals surface area contributed by atoms with Crippen molar-refractivity contribution in [2.24, 2.45) is 5.73 Å². The number of aryl methyl sites for hydroxylation is 1. The predicted octanol–water partition coefficient (Wildman–Crippen LogP) is 2.35. The zero-order valence-corrected chi connectivity index (χ0v) is 14.0. The van der Waals surface area contributed by atoms with Crippen molar-refractivity contribution < 1.29 is 19.1 Å². The number of amides is 2. The molecule has 126 valence electrons. The molecule has 0 saturated heterocycles. The van der Waals surface area contributed by atoms with Crippen molar-refractivity contribution in [3.63, 3.8) is 0 Å². The van der Waals surface area contributed by atoms with E-state index < -0.39 is 23.9 Å². The van der Waals surface area contributed by atoms with Crippen molar-refractivity contribution in [3.05, 3.63) is 52.9 Å². The Morgan fingerprint density at radius 3 is 2.58 bits per heavy atom. The van der Waals surface area contributed by atoms with Gasteiger partial charge < -0.3 is 15.8 Å². The molecule has 3 N–H and O–H groups in total. The van der Waals surface area contributed by atoms with E-state index in [1.807, 2.05) is 30.3 Å². The van der Waals surface area contributed by atoms with E-state index >= 15 is 0 Å². The molecule has 1 aromatic heterocycles. The van der Waals surface area contributed by atoms with Crippen LogP contribution in [-0.2, 0) is 20.7 Å². The fourth-order valence-corrected chi connectivity index (χ4v) is 2.81. The van der Waals surface area contributed by atoms with Crippen molar-refractivity contribution in [1.29, 1.82) is 0 Å². The van der Waals surface area contributed by atoms with Gasteiger partial charge in [-0.05, 0) is 30.4 Å². The number of hydrogen-bond donors (Lipinski definition) is 2. The number of carbonyl (C=O) groups is 3. The van der Waals surface area contributed by atoms with Gasteiger partial charge in [0, 0.05) is 6.42 Å². The third-order valence-corrected chi connectivity index (χ3v) is 4.14. The normalized spacial score (nSPS) is 11.5. The smallest absolute Gasteiger partial charge is 0.306 e. The fourth-order valence-electron chi connectivity index (χ4n) is 2.01. The lowest BCUT2D eigenvalue weighted by atomic mass is 10.1. The van der Waals surface area contributed by atoms with Gasteiger partial charge in [0.25, 0.3) is 11.8 Å². The molecule has 0 saturated carbocycles. The molecule has 1 aromatic carbocycles. The molecule has 0 aliphatic carbocycles. The van der Waals surface area contributed by atoms with Crippen molar-refractivity contribution in [1.82, 2.24) is 0 Å².